The number of rotatable bonds is 26. The molecule has 0 aromatic rings. The minimum Gasteiger partial charge on any atom is -0.375 e. The quantitative estimate of drug-likeness (QED) is 0.119. The van der Waals surface area contributed by atoms with Crippen molar-refractivity contribution in [2.75, 3.05) is 6.61 Å². The van der Waals surface area contributed by atoms with Crippen LogP contribution >= 0.6 is 0 Å². The lowest BCUT2D eigenvalue weighted by molar-refractivity contribution is -0.0659. The molecule has 0 aromatic heterocycles. The van der Waals surface area contributed by atoms with Crippen LogP contribution in [0.15, 0.2) is 0 Å². The summed E-state index contributed by atoms with van der Waals surface area (Å²) in [6, 6.07) is 0. The highest BCUT2D eigenvalue weighted by Gasteiger charge is 2.29. The van der Waals surface area contributed by atoms with E-state index >= 15 is 0 Å². The Morgan fingerprint density at radius 3 is 1.06 bits per heavy atom. The molecule has 1 unspecified atom stereocenters. The van der Waals surface area contributed by atoms with Crippen molar-refractivity contribution in [3.05, 3.63) is 0 Å². The molecule has 0 radical (unpaired) electrons. The van der Waals surface area contributed by atoms with Gasteiger partial charge in [0.15, 0.2) is 0 Å². The predicted molar refractivity (Wildman–Crippen MR) is 147 cm³/mol. The molecule has 1 nitrogen and oxygen atoms in total. The molecule has 0 rings (SSSR count). The van der Waals surface area contributed by atoms with Gasteiger partial charge in [0.05, 0.1) is 5.60 Å². The molecule has 0 aliphatic rings. The highest BCUT2D eigenvalue weighted by Crippen LogP contribution is 2.32. The maximum absolute atomic E-state index is 6.31. The summed E-state index contributed by atoms with van der Waals surface area (Å²) in [5.74, 6) is 0.734. The van der Waals surface area contributed by atoms with Crippen LogP contribution < -0.4 is 0 Å². The van der Waals surface area contributed by atoms with Crippen LogP contribution in [0.2, 0.25) is 0 Å². The number of ether oxygens (including phenoxy) is 1. The molecule has 0 saturated carbocycles. The van der Waals surface area contributed by atoms with E-state index in [4.69, 9.17) is 4.74 Å². The summed E-state index contributed by atoms with van der Waals surface area (Å²) in [6.07, 6.45) is 32.5. The van der Waals surface area contributed by atoms with Crippen LogP contribution in [0, 0.1) is 5.92 Å². The van der Waals surface area contributed by atoms with Crippen molar-refractivity contribution in [3.8, 4) is 0 Å². The number of hydrogen-bond acceptors (Lipinski definition) is 1. The van der Waals surface area contributed by atoms with Gasteiger partial charge in [0.2, 0.25) is 0 Å². The van der Waals surface area contributed by atoms with Crippen LogP contribution in [0.4, 0.5) is 0 Å². The van der Waals surface area contributed by atoms with Crippen LogP contribution in [0.25, 0.3) is 0 Å². The highest BCUT2D eigenvalue weighted by molar-refractivity contribution is 4.80. The van der Waals surface area contributed by atoms with E-state index in [2.05, 4.69) is 34.6 Å². The van der Waals surface area contributed by atoms with Crippen LogP contribution in [0.1, 0.15) is 182 Å². The lowest BCUT2D eigenvalue weighted by Crippen LogP contribution is -2.35. The molecule has 0 aromatic carbocycles. The fraction of sp³-hybridized carbons (Fsp3) is 1.00. The predicted octanol–water partition coefficient (Wildman–Crippen LogP) is 11.4. The summed E-state index contributed by atoms with van der Waals surface area (Å²) < 4.78 is 6.31. The van der Waals surface area contributed by atoms with Gasteiger partial charge in [0, 0.05) is 6.61 Å². The molecule has 0 spiro atoms. The summed E-state index contributed by atoms with van der Waals surface area (Å²) in [7, 11) is 0. The van der Waals surface area contributed by atoms with Crippen molar-refractivity contribution in [1.82, 2.24) is 0 Å². The van der Waals surface area contributed by atoms with Gasteiger partial charge in [0.1, 0.15) is 0 Å². The molecule has 0 aliphatic heterocycles. The minimum absolute atomic E-state index is 0.0516. The van der Waals surface area contributed by atoms with Crippen molar-refractivity contribution in [1.29, 1.82) is 0 Å². The number of unbranched alkanes of at least 4 members (excludes halogenated alkanes) is 18. The average Bonchev–Trinajstić information content (AvgIpc) is 2.78. The molecular formula is C31H64O. The van der Waals surface area contributed by atoms with Gasteiger partial charge in [-0.25, -0.2) is 0 Å². The van der Waals surface area contributed by atoms with E-state index in [1.165, 1.54) is 141 Å². The molecular weight excluding hydrogens is 388 g/mol. The smallest absolute Gasteiger partial charge is 0.0654 e. The Balaban J connectivity index is 3.83. The van der Waals surface area contributed by atoms with Crippen LogP contribution in [0.5, 0.6) is 0 Å². The lowest BCUT2D eigenvalue weighted by Gasteiger charge is -2.35. The Bertz CT molecular complexity index is 348. The average molecular weight is 453 g/mol. The molecule has 0 bridgehead atoms. The van der Waals surface area contributed by atoms with Gasteiger partial charge in [-0.15, -0.1) is 0 Å². The van der Waals surface area contributed by atoms with E-state index in [1.807, 2.05) is 0 Å². The topological polar surface area (TPSA) is 9.23 Å². The van der Waals surface area contributed by atoms with Gasteiger partial charge in [0.25, 0.3) is 0 Å². The second kappa shape index (κ2) is 24.1. The Morgan fingerprint density at radius 2 is 0.750 bits per heavy atom. The van der Waals surface area contributed by atoms with Crippen LogP contribution in [0.3, 0.4) is 0 Å². The third-order valence-electron chi connectivity index (χ3n) is 7.47. The molecule has 0 aliphatic carbocycles. The Labute approximate surface area is 205 Å². The fourth-order valence-electron chi connectivity index (χ4n) is 5.08. The van der Waals surface area contributed by atoms with Gasteiger partial charge in [-0.05, 0) is 39.0 Å². The maximum atomic E-state index is 6.31. The third kappa shape index (κ3) is 20.6. The molecule has 1 atom stereocenters. The molecule has 194 valence electrons. The Morgan fingerprint density at radius 1 is 0.438 bits per heavy atom. The van der Waals surface area contributed by atoms with E-state index in [0.717, 1.165) is 18.9 Å². The Kier molecular flexibility index (Phi) is 24.1. The lowest BCUT2D eigenvalue weighted by atomic mass is 9.82. The van der Waals surface area contributed by atoms with Gasteiger partial charge in [-0.2, -0.15) is 0 Å². The SMILES string of the molecule is CCCCCCCCCCCCCCCCC(CCCCCCCC)C(C)(C)OCCC. The van der Waals surface area contributed by atoms with Crippen molar-refractivity contribution >= 4 is 0 Å². The van der Waals surface area contributed by atoms with Crippen molar-refractivity contribution in [2.45, 2.75) is 188 Å². The first kappa shape index (κ1) is 32.0. The summed E-state index contributed by atoms with van der Waals surface area (Å²) in [5.41, 5.74) is 0.0516. The summed E-state index contributed by atoms with van der Waals surface area (Å²) >= 11 is 0. The first-order valence-electron chi connectivity index (χ1n) is 15.2. The highest BCUT2D eigenvalue weighted by atomic mass is 16.5. The van der Waals surface area contributed by atoms with E-state index in [9.17, 15) is 0 Å². The monoisotopic (exact) mass is 452 g/mol. The zero-order valence-corrected chi connectivity index (χ0v) is 23.5. The summed E-state index contributed by atoms with van der Waals surface area (Å²) in [5, 5.41) is 0. The first-order valence-corrected chi connectivity index (χ1v) is 15.2. The molecule has 1 heteroatoms. The fourth-order valence-corrected chi connectivity index (χ4v) is 5.08. The largest absolute Gasteiger partial charge is 0.375 e. The molecule has 0 fully saturated rings. The minimum atomic E-state index is 0.0516. The van der Waals surface area contributed by atoms with Crippen LogP contribution in [-0.2, 0) is 4.74 Å². The zero-order chi connectivity index (χ0) is 23.8. The molecule has 0 N–H and O–H groups in total. The standard InChI is InChI=1S/C31H64O/c1-6-9-11-13-15-16-17-18-19-20-21-22-24-26-28-30(31(4,5)32-29-8-3)27-25-23-14-12-10-7-2/h30H,6-29H2,1-5H3. The summed E-state index contributed by atoms with van der Waals surface area (Å²) in [6.45, 7) is 12.5. The first-order chi connectivity index (χ1) is 15.6. The Hall–Kier alpha value is -0.0400. The molecule has 0 amide bonds. The molecule has 32 heavy (non-hydrogen) atoms. The zero-order valence-electron chi connectivity index (χ0n) is 23.5. The summed E-state index contributed by atoms with van der Waals surface area (Å²) in [4.78, 5) is 0. The van der Waals surface area contributed by atoms with Gasteiger partial charge < -0.3 is 4.74 Å². The normalized spacial score (nSPS) is 13.0. The third-order valence-corrected chi connectivity index (χ3v) is 7.47. The molecule has 0 heterocycles. The van der Waals surface area contributed by atoms with Crippen molar-refractivity contribution in [3.63, 3.8) is 0 Å². The van der Waals surface area contributed by atoms with E-state index < -0.39 is 0 Å². The van der Waals surface area contributed by atoms with E-state index in [-0.39, 0.29) is 5.60 Å². The number of hydrogen-bond donors (Lipinski definition) is 0. The maximum Gasteiger partial charge on any atom is 0.0654 e. The van der Waals surface area contributed by atoms with E-state index in [1.54, 1.807) is 0 Å². The van der Waals surface area contributed by atoms with Gasteiger partial charge in [-0.3, -0.25) is 0 Å². The molecule has 0 saturated heterocycles. The van der Waals surface area contributed by atoms with Gasteiger partial charge in [-0.1, -0.05) is 149 Å². The second-order valence-electron chi connectivity index (χ2n) is 11.1. The second-order valence-corrected chi connectivity index (χ2v) is 11.1. The van der Waals surface area contributed by atoms with E-state index in [0.29, 0.717) is 0 Å². The van der Waals surface area contributed by atoms with Gasteiger partial charge >= 0.3 is 0 Å². The van der Waals surface area contributed by atoms with Crippen molar-refractivity contribution < 1.29 is 4.74 Å². The van der Waals surface area contributed by atoms with Crippen molar-refractivity contribution in [2.24, 2.45) is 5.92 Å². The van der Waals surface area contributed by atoms with Crippen LogP contribution in [-0.4, -0.2) is 12.2 Å².